The number of carboxylic acid groups (broad SMARTS) is 1. The average Bonchev–Trinajstić information content (AvgIpc) is 2.65. The van der Waals surface area contributed by atoms with E-state index in [-0.39, 0.29) is 11.5 Å². The first-order chi connectivity index (χ1) is 9.41. The molecule has 0 saturated heterocycles. The molecule has 2 N–H and O–H groups in total. The van der Waals surface area contributed by atoms with Crippen LogP contribution in [0.4, 0.5) is 5.00 Å². The Labute approximate surface area is 121 Å². The smallest absolute Gasteiger partial charge is 0.338 e. The summed E-state index contributed by atoms with van der Waals surface area (Å²) < 4.78 is 0. The molecular weight excluding hydrogens is 274 g/mol. The van der Waals surface area contributed by atoms with E-state index >= 15 is 0 Å². The monoisotopic (exact) mass is 289 g/mol. The van der Waals surface area contributed by atoms with Crippen LogP contribution in [0, 0.1) is 20.8 Å². The van der Waals surface area contributed by atoms with Gasteiger partial charge in [0, 0.05) is 10.4 Å². The molecule has 0 aliphatic heterocycles. The molecule has 1 heterocycles. The van der Waals surface area contributed by atoms with Crippen LogP contribution >= 0.6 is 11.3 Å². The number of thiophene rings is 1. The fourth-order valence-electron chi connectivity index (χ4n) is 1.97. The molecule has 1 aromatic carbocycles. The Kier molecular flexibility index (Phi) is 3.90. The Hall–Kier alpha value is -2.14. The first kappa shape index (κ1) is 14.3. The Morgan fingerprint density at radius 2 is 1.80 bits per heavy atom. The minimum atomic E-state index is -1.02. The number of aryl methyl sites for hydroxylation is 2. The molecule has 0 aliphatic carbocycles. The minimum Gasteiger partial charge on any atom is -0.478 e. The maximum absolute atomic E-state index is 12.2. The predicted molar refractivity (Wildman–Crippen MR) is 79.9 cm³/mol. The quantitative estimate of drug-likeness (QED) is 0.906. The second kappa shape index (κ2) is 5.46. The number of carbonyl (C=O) groups excluding carboxylic acids is 1. The lowest BCUT2D eigenvalue weighted by molar-refractivity contribution is 0.0697. The van der Waals surface area contributed by atoms with E-state index in [0.717, 1.165) is 10.4 Å². The fourth-order valence-corrected chi connectivity index (χ4v) is 3.02. The summed E-state index contributed by atoms with van der Waals surface area (Å²) in [5.74, 6) is -1.31. The molecule has 0 bridgehead atoms. The van der Waals surface area contributed by atoms with Crippen molar-refractivity contribution >= 4 is 28.2 Å². The van der Waals surface area contributed by atoms with Gasteiger partial charge in [0.25, 0.3) is 5.91 Å². The van der Waals surface area contributed by atoms with Gasteiger partial charge in [0.1, 0.15) is 5.00 Å². The number of amides is 1. The molecule has 1 amide bonds. The lowest BCUT2D eigenvalue weighted by Gasteiger charge is -2.07. The van der Waals surface area contributed by atoms with E-state index in [1.54, 1.807) is 19.1 Å². The van der Waals surface area contributed by atoms with Crippen LogP contribution < -0.4 is 5.32 Å². The highest BCUT2D eigenvalue weighted by Gasteiger charge is 2.21. The molecule has 20 heavy (non-hydrogen) atoms. The molecule has 0 atom stereocenters. The normalized spacial score (nSPS) is 10.3. The third-order valence-corrected chi connectivity index (χ3v) is 4.34. The Bertz CT molecular complexity index is 688. The number of carboxylic acids is 1. The first-order valence-electron chi connectivity index (χ1n) is 6.12. The van der Waals surface area contributed by atoms with E-state index < -0.39 is 5.97 Å². The van der Waals surface area contributed by atoms with Gasteiger partial charge in [0.15, 0.2) is 0 Å². The number of nitrogens with one attached hydrogen (secondary N) is 1. The van der Waals surface area contributed by atoms with Crippen molar-refractivity contribution in [2.75, 3.05) is 5.32 Å². The molecule has 5 heteroatoms. The van der Waals surface area contributed by atoms with Crippen LogP contribution in [0.15, 0.2) is 24.3 Å². The summed E-state index contributed by atoms with van der Waals surface area (Å²) in [6.07, 6.45) is 0. The summed E-state index contributed by atoms with van der Waals surface area (Å²) in [5, 5.41) is 12.4. The van der Waals surface area contributed by atoms with Gasteiger partial charge in [0.05, 0.1) is 5.56 Å². The highest BCUT2D eigenvalue weighted by atomic mass is 32.1. The van der Waals surface area contributed by atoms with Crippen LogP contribution in [-0.2, 0) is 0 Å². The van der Waals surface area contributed by atoms with Crippen molar-refractivity contribution in [2.45, 2.75) is 20.8 Å². The van der Waals surface area contributed by atoms with Gasteiger partial charge in [-0.05, 0) is 38.0 Å². The van der Waals surface area contributed by atoms with Gasteiger partial charge in [-0.1, -0.05) is 18.2 Å². The average molecular weight is 289 g/mol. The molecule has 0 aliphatic rings. The molecule has 0 spiro atoms. The zero-order valence-electron chi connectivity index (χ0n) is 11.5. The molecule has 2 aromatic rings. The summed E-state index contributed by atoms with van der Waals surface area (Å²) in [4.78, 5) is 24.4. The summed E-state index contributed by atoms with van der Waals surface area (Å²) in [7, 11) is 0. The Morgan fingerprint density at radius 1 is 1.15 bits per heavy atom. The van der Waals surface area contributed by atoms with Gasteiger partial charge in [-0.2, -0.15) is 0 Å². The van der Waals surface area contributed by atoms with E-state index in [4.69, 9.17) is 0 Å². The molecule has 104 valence electrons. The van der Waals surface area contributed by atoms with Crippen LogP contribution in [0.3, 0.4) is 0 Å². The summed E-state index contributed by atoms with van der Waals surface area (Å²) in [6.45, 7) is 5.44. The van der Waals surface area contributed by atoms with Crippen molar-refractivity contribution in [1.29, 1.82) is 0 Å². The number of benzene rings is 1. The number of anilines is 1. The molecule has 1 aromatic heterocycles. The van der Waals surface area contributed by atoms with E-state index in [1.807, 2.05) is 26.0 Å². The summed E-state index contributed by atoms with van der Waals surface area (Å²) in [6, 6.07) is 7.20. The van der Waals surface area contributed by atoms with Crippen LogP contribution in [-0.4, -0.2) is 17.0 Å². The van der Waals surface area contributed by atoms with Crippen LogP contribution in [0.5, 0.6) is 0 Å². The SMILES string of the molecule is Cc1ccccc1C(=O)Nc1sc(C)c(C)c1C(=O)O. The number of aromatic carboxylic acids is 1. The van der Waals surface area contributed by atoms with Gasteiger partial charge < -0.3 is 10.4 Å². The molecule has 0 saturated carbocycles. The summed E-state index contributed by atoms with van der Waals surface area (Å²) >= 11 is 1.29. The van der Waals surface area contributed by atoms with Gasteiger partial charge in [0.2, 0.25) is 0 Å². The lowest BCUT2D eigenvalue weighted by Crippen LogP contribution is -2.14. The van der Waals surface area contributed by atoms with E-state index in [9.17, 15) is 14.7 Å². The standard InChI is InChI=1S/C15H15NO3S/c1-8-6-4-5-7-11(8)13(17)16-14-12(15(18)19)9(2)10(3)20-14/h4-7H,1-3H3,(H,16,17)(H,18,19). The molecule has 2 rings (SSSR count). The van der Waals surface area contributed by atoms with Crippen molar-refractivity contribution in [1.82, 2.24) is 0 Å². The van der Waals surface area contributed by atoms with Crippen molar-refractivity contribution < 1.29 is 14.7 Å². The van der Waals surface area contributed by atoms with Gasteiger partial charge in [-0.15, -0.1) is 11.3 Å². The second-order valence-corrected chi connectivity index (χ2v) is 5.79. The molecule has 0 fully saturated rings. The second-order valence-electron chi connectivity index (χ2n) is 4.56. The van der Waals surface area contributed by atoms with Crippen LogP contribution in [0.1, 0.15) is 36.7 Å². The third-order valence-electron chi connectivity index (χ3n) is 3.22. The van der Waals surface area contributed by atoms with Crippen molar-refractivity contribution in [3.63, 3.8) is 0 Å². The highest BCUT2D eigenvalue weighted by molar-refractivity contribution is 7.16. The van der Waals surface area contributed by atoms with Gasteiger partial charge in [-0.3, -0.25) is 4.79 Å². The Morgan fingerprint density at radius 3 is 2.40 bits per heavy atom. The molecule has 4 nitrogen and oxygen atoms in total. The first-order valence-corrected chi connectivity index (χ1v) is 6.93. The minimum absolute atomic E-state index is 0.175. The van der Waals surface area contributed by atoms with Gasteiger partial charge >= 0.3 is 5.97 Å². The number of carbonyl (C=O) groups is 2. The largest absolute Gasteiger partial charge is 0.478 e. The number of rotatable bonds is 3. The van der Waals surface area contributed by atoms with Crippen molar-refractivity contribution in [3.05, 3.63) is 51.4 Å². The molecule has 0 radical (unpaired) electrons. The Balaban J connectivity index is 2.36. The third kappa shape index (κ3) is 2.58. The van der Waals surface area contributed by atoms with Crippen molar-refractivity contribution in [2.24, 2.45) is 0 Å². The zero-order chi connectivity index (χ0) is 14.9. The topological polar surface area (TPSA) is 66.4 Å². The lowest BCUT2D eigenvalue weighted by atomic mass is 10.1. The predicted octanol–water partition coefficient (Wildman–Crippen LogP) is 3.62. The zero-order valence-corrected chi connectivity index (χ0v) is 12.3. The van der Waals surface area contributed by atoms with Crippen LogP contribution in [0.25, 0.3) is 0 Å². The van der Waals surface area contributed by atoms with E-state index in [0.29, 0.717) is 16.1 Å². The van der Waals surface area contributed by atoms with E-state index in [2.05, 4.69) is 5.32 Å². The van der Waals surface area contributed by atoms with Gasteiger partial charge in [-0.25, -0.2) is 4.79 Å². The summed E-state index contributed by atoms with van der Waals surface area (Å²) in [5.41, 5.74) is 2.27. The highest BCUT2D eigenvalue weighted by Crippen LogP contribution is 2.32. The molecule has 0 unspecified atom stereocenters. The van der Waals surface area contributed by atoms with E-state index in [1.165, 1.54) is 11.3 Å². The number of hydrogen-bond donors (Lipinski definition) is 2. The maximum atomic E-state index is 12.2. The van der Waals surface area contributed by atoms with Crippen molar-refractivity contribution in [3.8, 4) is 0 Å². The molecular formula is C15H15NO3S. The maximum Gasteiger partial charge on any atom is 0.338 e. The number of hydrogen-bond acceptors (Lipinski definition) is 3. The van der Waals surface area contributed by atoms with Crippen LogP contribution in [0.2, 0.25) is 0 Å². The fraction of sp³-hybridized carbons (Fsp3) is 0.200.